The van der Waals surface area contributed by atoms with Gasteiger partial charge in [0.1, 0.15) is 5.60 Å². The second kappa shape index (κ2) is 4.55. The van der Waals surface area contributed by atoms with Gasteiger partial charge >= 0.3 is 6.09 Å². The lowest BCUT2D eigenvalue weighted by molar-refractivity contribution is 0.0236. The zero-order valence-corrected chi connectivity index (χ0v) is 11.0. The largest absolute Gasteiger partial charge is 0.444 e. The zero-order chi connectivity index (χ0) is 12.5. The quantitative estimate of drug-likeness (QED) is 0.698. The molecule has 2 aliphatic rings. The predicted octanol–water partition coefficient (Wildman–Crippen LogP) is 3.27. The van der Waals surface area contributed by atoms with Gasteiger partial charge in [-0.05, 0) is 45.6 Å². The lowest BCUT2D eigenvalue weighted by Gasteiger charge is -2.30. The van der Waals surface area contributed by atoms with Gasteiger partial charge in [-0.3, -0.25) is 0 Å². The molecule has 3 heteroatoms. The average molecular weight is 235 g/mol. The van der Waals surface area contributed by atoms with Crippen molar-refractivity contribution in [1.82, 2.24) is 4.90 Å². The third-order valence-electron chi connectivity index (χ3n) is 2.89. The fourth-order valence-electron chi connectivity index (χ4n) is 1.89. The summed E-state index contributed by atoms with van der Waals surface area (Å²) in [6.45, 7) is 7.28. The average Bonchev–Trinajstić information content (AvgIpc) is 3.00. The molecule has 0 aromatic carbocycles. The highest BCUT2D eigenvalue weighted by Crippen LogP contribution is 2.26. The van der Waals surface area contributed by atoms with Crippen LogP contribution in [-0.2, 0) is 4.74 Å². The Morgan fingerprint density at radius 2 is 1.94 bits per heavy atom. The molecule has 0 spiro atoms. The van der Waals surface area contributed by atoms with E-state index >= 15 is 0 Å². The summed E-state index contributed by atoms with van der Waals surface area (Å²) < 4.78 is 5.36. The van der Waals surface area contributed by atoms with Gasteiger partial charge in [0.25, 0.3) is 0 Å². The number of likely N-dealkylation sites (tertiary alicyclic amines) is 1. The summed E-state index contributed by atoms with van der Waals surface area (Å²) in [4.78, 5) is 13.6. The van der Waals surface area contributed by atoms with Crippen LogP contribution in [0.15, 0.2) is 23.3 Å². The molecule has 1 fully saturated rings. The molecule has 0 bridgehead atoms. The van der Waals surface area contributed by atoms with Crippen LogP contribution in [0.3, 0.4) is 0 Å². The van der Waals surface area contributed by atoms with E-state index in [2.05, 4.69) is 12.2 Å². The molecule has 17 heavy (non-hydrogen) atoms. The summed E-state index contributed by atoms with van der Waals surface area (Å²) in [5, 5.41) is 0. The molecule has 1 heterocycles. The van der Waals surface area contributed by atoms with Crippen molar-refractivity contribution in [3.8, 4) is 0 Å². The minimum atomic E-state index is -0.397. The van der Waals surface area contributed by atoms with E-state index in [9.17, 15) is 4.79 Å². The van der Waals surface area contributed by atoms with Crippen LogP contribution < -0.4 is 0 Å². The molecule has 0 aromatic rings. The number of allylic oxidation sites excluding steroid dienone is 3. The molecular formula is C14H21NO2. The third kappa shape index (κ3) is 3.91. The molecule has 0 saturated carbocycles. The van der Waals surface area contributed by atoms with E-state index in [0.717, 1.165) is 32.4 Å². The van der Waals surface area contributed by atoms with Gasteiger partial charge in [0.2, 0.25) is 0 Å². The molecule has 0 unspecified atom stereocenters. The Morgan fingerprint density at radius 3 is 2.41 bits per heavy atom. The number of carbonyl (C=O) groups is 1. The van der Waals surface area contributed by atoms with Crippen LogP contribution in [0.4, 0.5) is 4.79 Å². The van der Waals surface area contributed by atoms with Crippen LogP contribution in [0.2, 0.25) is 0 Å². The Labute approximate surface area is 103 Å². The molecule has 0 radical (unpaired) electrons. The van der Waals surface area contributed by atoms with Crippen LogP contribution in [0, 0.1) is 0 Å². The normalized spacial score (nSPS) is 19.8. The molecule has 1 aliphatic heterocycles. The summed E-state index contributed by atoms with van der Waals surface area (Å²) in [5.74, 6) is 0. The number of nitrogens with zero attached hydrogens (tertiary/aromatic N) is 1. The number of piperidine rings is 1. The highest BCUT2D eigenvalue weighted by molar-refractivity contribution is 5.68. The van der Waals surface area contributed by atoms with E-state index in [4.69, 9.17) is 4.74 Å². The first-order valence-electron chi connectivity index (χ1n) is 6.30. The van der Waals surface area contributed by atoms with Gasteiger partial charge < -0.3 is 9.64 Å². The first-order valence-corrected chi connectivity index (χ1v) is 6.30. The Balaban J connectivity index is 1.82. The van der Waals surface area contributed by atoms with Crippen molar-refractivity contribution >= 4 is 6.09 Å². The number of hydrogen-bond donors (Lipinski definition) is 0. The van der Waals surface area contributed by atoms with Gasteiger partial charge in [-0.15, -0.1) is 0 Å². The maximum absolute atomic E-state index is 11.8. The summed E-state index contributed by atoms with van der Waals surface area (Å²) in [6, 6.07) is 0. The van der Waals surface area contributed by atoms with Crippen molar-refractivity contribution in [2.45, 2.75) is 45.6 Å². The van der Waals surface area contributed by atoms with Crippen molar-refractivity contribution in [3.63, 3.8) is 0 Å². The second-order valence-corrected chi connectivity index (χ2v) is 5.75. The smallest absolute Gasteiger partial charge is 0.410 e. The minimum Gasteiger partial charge on any atom is -0.444 e. The Hall–Kier alpha value is -1.25. The lowest BCUT2D eigenvalue weighted by Crippen LogP contribution is -2.40. The minimum absolute atomic E-state index is 0.179. The van der Waals surface area contributed by atoms with Gasteiger partial charge in [-0.1, -0.05) is 17.7 Å². The number of carbonyl (C=O) groups excluding carboxylic acids is 1. The van der Waals surface area contributed by atoms with E-state index in [0.29, 0.717) is 0 Å². The predicted molar refractivity (Wildman–Crippen MR) is 67.8 cm³/mol. The standard InChI is InChI=1S/C14H21NO2/c1-14(2,3)17-13(16)15-8-6-12(7-9-15)10-11-4-5-11/h4,10H,5-9H2,1-3H3. The SMILES string of the molecule is CC(C)(C)OC(=O)N1CCC(=CC2=CC2)CC1. The lowest BCUT2D eigenvalue weighted by atomic mass is 10.0. The van der Waals surface area contributed by atoms with Crippen LogP contribution in [0.5, 0.6) is 0 Å². The van der Waals surface area contributed by atoms with Crippen LogP contribution in [0.1, 0.15) is 40.0 Å². The topological polar surface area (TPSA) is 29.5 Å². The Morgan fingerprint density at radius 1 is 1.35 bits per heavy atom. The van der Waals surface area contributed by atoms with Crippen molar-refractivity contribution in [3.05, 3.63) is 23.3 Å². The molecule has 3 nitrogen and oxygen atoms in total. The van der Waals surface area contributed by atoms with Gasteiger partial charge in [0.15, 0.2) is 0 Å². The van der Waals surface area contributed by atoms with Gasteiger partial charge in [0, 0.05) is 13.1 Å². The summed E-state index contributed by atoms with van der Waals surface area (Å²) in [7, 11) is 0. The van der Waals surface area contributed by atoms with Crippen molar-refractivity contribution in [2.75, 3.05) is 13.1 Å². The number of rotatable bonds is 1. The highest BCUT2D eigenvalue weighted by Gasteiger charge is 2.24. The van der Waals surface area contributed by atoms with Crippen molar-refractivity contribution in [2.24, 2.45) is 0 Å². The van der Waals surface area contributed by atoms with Gasteiger partial charge in [-0.25, -0.2) is 4.79 Å². The number of hydrogen-bond acceptors (Lipinski definition) is 2. The van der Waals surface area contributed by atoms with Gasteiger partial charge in [0.05, 0.1) is 0 Å². The summed E-state index contributed by atoms with van der Waals surface area (Å²) >= 11 is 0. The third-order valence-corrected chi connectivity index (χ3v) is 2.89. The highest BCUT2D eigenvalue weighted by atomic mass is 16.6. The Bertz CT molecular complexity index is 364. The van der Waals surface area contributed by atoms with E-state index in [1.165, 1.54) is 11.1 Å². The molecular weight excluding hydrogens is 214 g/mol. The summed E-state index contributed by atoms with van der Waals surface area (Å²) in [5.41, 5.74) is 2.52. The fraction of sp³-hybridized carbons (Fsp3) is 0.643. The monoisotopic (exact) mass is 235 g/mol. The molecule has 1 amide bonds. The van der Waals surface area contributed by atoms with E-state index in [1.807, 2.05) is 25.7 Å². The fourth-order valence-corrected chi connectivity index (χ4v) is 1.89. The molecule has 1 aliphatic carbocycles. The maximum atomic E-state index is 11.8. The van der Waals surface area contributed by atoms with Crippen LogP contribution in [0.25, 0.3) is 0 Å². The molecule has 94 valence electrons. The first-order chi connectivity index (χ1) is 7.94. The first kappa shape index (κ1) is 12.2. The number of amides is 1. The van der Waals surface area contributed by atoms with E-state index in [1.54, 1.807) is 0 Å². The van der Waals surface area contributed by atoms with Crippen LogP contribution >= 0.6 is 0 Å². The molecule has 0 aromatic heterocycles. The van der Waals surface area contributed by atoms with E-state index in [-0.39, 0.29) is 6.09 Å². The summed E-state index contributed by atoms with van der Waals surface area (Å²) in [6.07, 6.45) is 7.45. The van der Waals surface area contributed by atoms with E-state index < -0.39 is 5.60 Å². The van der Waals surface area contributed by atoms with Crippen LogP contribution in [-0.4, -0.2) is 29.7 Å². The molecule has 0 N–H and O–H groups in total. The maximum Gasteiger partial charge on any atom is 0.410 e. The van der Waals surface area contributed by atoms with Crippen molar-refractivity contribution < 1.29 is 9.53 Å². The Kier molecular flexibility index (Phi) is 3.27. The zero-order valence-electron chi connectivity index (χ0n) is 11.0. The molecule has 0 atom stereocenters. The van der Waals surface area contributed by atoms with Crippen molar-refractivity contribution in [1.29, 1.82) is 0 Å². The van der Waals surface area contributed by atoms with Gasteiger partial charge in [-0.2, -0.15) is 0 Å². The molecule has 2 rings (SSSR count). The number of ether oxygens (including phenoxy) is 1. The molecule has 1 saturated heterocycles. The second-order valence-electron chi connectivity index (χ2n) is 5.75.